The first-order chi connectivity index (χ1) is 13.5. The quantitative estimate of drug-likeness (QED) is 0.479. The molecule has 0 bridgehead atoms. The van der Waals surface area contributed by atoms with Crippen LogP contribution in [-0.2, 0) is 4.79 Å². The van der Waals surface area contributed by atoms with Gasteiger partial charge in [-0.3, -0.25) is 9.59 Å². The summed E-state index contributed by atoms with van der Waals surface area (Å²) in [5.41, 5.74) is 4.32. The molecule has 1 aromatic heterocycles. The van der Waals surface area contributed by atoms with Crippen LogP contribution in [0.4, 0.5) is 5.69 Å². The van der Waals surface area contributed by atoms with Gasteiger partial charge in [-0.25, -0.2) is 5.43 Å². The van der Waals surface area contributed by atoms with Crippen molar-refractivity contribution in [2.24, 2.45) is 5.10 Å². The number of thiophene rings is 1. The maximum Gasteiger partial charge on any atom is 0.263 e. The molecule has 1 heterocycles. The molecule has 0 saturated heterocycles. The Labute approximate surface area is 171 Å². The number of carbonyl (C=O) groups excluding carboxylic acids is 2. The van der Waals surface area contributed by atoms with Gasteiger partial charge in [-0.05, 0) is 23.8 Å². The minimum Gasteiger partial charge on any atom is -0.378 e. The Morgan fingerprint density at radius 1 is 1.14 bits per heavy atom. The summed E-state index contributed by atoms with van der Waals surface area (Å²) in [6.45, 7) is -0.194. The summed E-state index contributed by atoms with van der Waals surface area (Å²) >= 11 is 7.56. The molecule has 2 aromatic carbocycles. The van der Waals surface area contributed by atoms with E-state index in [2.05, 4.69) is 15.8 Å². The molecule has 0 aliphatic rings. The number of nitrogens with one attached hydrogen (secondary N) is 2. The highest BCUT2D eigenvalue weighted by molar-refractivity contribution is 7.21. The third-order valence-corrected chi connectivity index (χ3v) is 5.64. The zero-order valence-electron chi connectivity index (χ0n) is 15.4. The van der Waals surface area contributed by atoms with Crippen LogP contribution in [0.2, 0.25) is 5.02 Å². The highest BCUT2D eigenvalue weighted by Gasteiger charge is 2.17. The van der Waals surface area contributed by atoms with Crippen molar-refractivity contribution >= 4 is 56.7 Å². The van der Waals surface area contributed by atoms with Gasteiger partial charge in [-0.1, -0.05) is 41.9 Å². The average Bonchev–Trinajstić information content (AvgIpc) is 3.03. The summed E-state index contributed by atoms with van der Waals surface area (Å²) < 4.78 is 0.923. The van der Waals surface area contributed by atoms with Crippen LogP contribution in [0.3, 0.4) is 0 Å². The highest BCUT2D eigenvalue weighted by atomic mass is 35.5. The van der Waals surface area contributed by atoms with E-state index in [-0.39, 0.29) is 12.5 Å². The molecule has 6 nitrogen and oxygen atoms in total. The Bertz CT molecular complexity index is 1030. The number of nitrogens with zero attached hydrogens (tertiary/aromatic N) is 2. The fraction of sp³-hybridized carbons (Fsp3) is 0.150. The summed E-state index contributed by atoms with van der Waals surface area (Å²) in [6, 6.07) is 15.2. The summed E-state index contributed by atoms with van der Waals surface area (Å²) in [5, 5.41) is 7.70. The number of hydrogen-bond acceptors (Lipinski definition) is 5. The SMILES string of the molecule is CN(C)c1ccc(/C=N/NC(=O)CNC(=O)c2sc3ccccc3c2Cl)cc1. The minimum absolute atomic E-state index is 0.194. The lowest BCUT2D eigenvalue weighted by atomic mass is 10.2. The van der Waals surface area contributed by atoms with E-state index in [1.807, 2.05) is 67.5 Å². The number of rotatable bonds is 6. The summed E-state index contributed by atoms with van der Waals surface area (Å²) in [7, 11) is 3.92. The highest BCUT2D eigenvalue weighted by Crippen LogP contribution is 2.34. The number of benzene rings is 2. The Balaban J connectivity index is 1.52. The van der Waals surface area contributed by atoms with Gasteiger partial charge in [-0.2, -0.15) is 5.10 Å². The molecule has 3 aromatic rings. The van der Waals surface area contributed by atoms with Crippen LogP contribution in [0, 0.1) is 0 Å². The zero-order chi connectivity index (χ0) is 20.1. The first-order valence-corrected chi connectivity index (χ1v) is 9.69. The normalized spacial score (nSPS) is 11.0. The van der Waals surface area contributed by atoms with Gasteiger partial charge in [0.05, 0.1) is 17.8 Å². The predicted molar refractivity (Wildman–Crippen MR) is 116 cm³/mol. The lowest BCUT2D eigenvalue weighted by molar-refractivity contribution is -0.120. The molecule has 144 valence electrons. The van der Waals surface area contributed by atoms with E-state index >= 15 is 0 Å². The number of anilines is 1. The van der Waals surface area contributed by atoms with E-state index in [1.54, 1.807) is 6.21 Å². The number of hydrazone groups is 1. The number of amides is 2. The van der Waals surface area contributed by atoms with Crippen molar-refractivity contribution in [3.63, 3.8) is 0 Å². The largest absolute Gasteiger partial charge is 0.378 e. The van der Waals surface area contributed by atoms with Crippen LogP contribution in [-0.4, -0.2) is 38.7 Å². The van der Waals surface area contributed by atoms with Crippen LogP contribution >= 0.6 is 22.9 Å². The van der Waals surface area contributed by atoms with E-state index in [0.717, 1.165) is 21.3 Å². The first-order valence-electron chi connectivity index (χ1n) is 8.50. The summed E-state index contributed by atoms with van der Waals surface area (Å²) in [6.07, 6.45) is 1.54. The number of fused-ring (bicyclic) bond motifs is 1. The number of hydrogen-bond donors (Lipinski definition) is 2. The van der Waals surface area contributed by atoms with Gasteiger partial charge in [0.1, 0.15) is 4.88 Å². The second-order valence-electron chi connectivity index (χ2n) is 6.20. The topological polar surface area (TPSA) is 73.8 Å². The van der Waals surface area contributed by atoms with Crippen molar-refractivity contribution in [2.75, 3.05) is 25.5 Å². The van der Waals surface area contributed by atoms with Crippen molar-refractivity contribution in [1.29, 1.82) is 0 Å². The Kier molecular flexibility index (Phi) is 6.28. The molecule has 0 saturated carbocycles. The van der Waals surface area contributed by atoms with Crippen molar-refractivity contribution in [1.82, 2.24) is 10.7 Å². The average molecular weight is 415 g/mol. The molecule has 0 aliphatic carbocycles. The molecule has 0 fully saturated rings. The van der Waals surface area contributed by atoms with Gasteiger partial charge in [-0.15, -0.1) is 11.3 Å². The van der Waals surface area contributed by atoms with Crippen LogP contribution in [0.15, 0.2) is 53.6 Å². The maximum atomic E-state index is 12.3. The molecule has 8 heteroatoms. The van der Waals surface area contributed by atoms with Crippen LogP contribution < -0.4 is 15.6 Å². The molecule has 2 amide bonds. The maximum absolute atomic E-state index is 12.3. The molecule has 0 atom stereocenters. The van der Waals surface area contributed by atoms with E-state index in [9.17, 15) is 9.59 Å². The Hall–Kier alpha value is -2.90. The van der Waals surface area contributed by atoms with Gasteiger partial charge < -0.3 is 10.2 Å². The number of carbonyl (C=O) groups is 2. The molecule has 0 unspecified atom stereocenters. The fourth-order valence-corrected chi connectivity index (χ4v) is 3.91. The van der Waals surface area contributed by atoms with Gasteiger partial charge in [0.25, 0.3) is 11.8 Å². The van der Waals surface area contributed by atoms with E-state index in [0.29, 0.717) is 9.90 Å². The molecule has 2 N–H and O–H groups in total. The molecule has 0 aliphatic heterocycles. The van der Waals surface area contributed by atoms with Gasteiger partial charge in [0.2, 0.25) is 0 Å². The van der Waals surface area contributed by atoms with Crippen molar-refractivity contribution in [2.45, 2.75) is 0 Å². The predicted octanol–water partition coefficient (Wildman–Crippen LogP) is 3.50. The molecule has 28 heavy (non-hydrogen) atoms. The Morgan fingerprint density at radius 3 is 2.54 bits per heavy atom. The van der Waals surface area contributed by atoms with Crippen LogP contribution in [0.5, 0.6) is 0 Å². The fourth-order valence-electron chi connectivity index (χ4n) is 2.48. The standard InChI is InChI=1S/C20H19ClN4O2S/c1-25(2)14-9-7-13(8-10-14)11-23-24-17(26)12-22-20(27)19-18(21)15-5-3-4-6-16(15)28-19/h3-11H,12H2,1-2H3,(H,22,27)(H,24,26)/b23-11+. The lowest BCUT2D eigenvalue weighted by Gasteiger charge is -2.11. The van der Waals surface area contributed by atoms with Crippen LogP contribution in [0.1, 0.15) is 15.2 Å². The Morgan fingerprint density at radius 2 is 1.86 bits per heavy atom. The first kappa shape index (κ1) is 19.9. The smallest absolute Gasteiger partial charge is 0.263 e. The van der Waals surface area contributed by atoms with Gasteiger partial charge in [0.15, 0.2) is 0 Å². The second kappa shape index (κ2) is 8.86. The van der Waals surface area contributed by atoms with E-state index < -0.39 is 5.91 Å². The lowest BCUT2D eigenvalue weighted by Crippen LogP contribution is -2.34. The number of halogens is 1. The van der Waals surface area contributed by atoms with Crippen LogP contribution in [0.25, 0.3) is 10.1 Å². The summed E-state index contributed by atoms with van der Waals surface area (Å²) in [5.74, 6) is -0.809. The molecule has 0 radical (unpaired) electrons. The zero-order valence-corrected chi connectivity index (χ0v) is 17.0. The van der Waals surface area contributed by atoms with Crippen molar-refractivity contribution in [3.05, 3.63) is 64.0 Å². The molecular weight excluding hydrogens is 396 g/mol. The molecule has 0 spiro atoms. The van der Waals surface area contributed by atoms with E-state index in [1.165, 1.54) is 11.3 Å². The monoisotopic (exact) mass is 414 g/mol. The van der Waals surface area contributed by atoms with Gasteiger partial charge in [0, 0.05) is 29.9 Å². The second-order valence-corrected chi connectivity index (χ2v) is 7.63. The third kappa shape index (κ3) is 4.68. The molecular formula is C20H19ClN4O2S. The minimum atomic E-state index is -0.424. The van der Waals surface area contributed by atoms with Crippen molar-refractivity contribution in [3.8, 4) is 0 Å². The molecule has 3 rings (SSSR count). The van der Waals surface area contributed by atoms with Gasteiger partial charge >= 0.3 is 0 Å². The van der Waals surface area contributed by atoms with E-state index in [4.69, 9.17) is 11.6 Å². The van der Waals surface area contributed by atoms with Crippen molar-refractivity contribution < 1.29 is 9.59 Å². The third-order valence-electron chi connectivity index (χ3n) is 3.96. The summed E-state index contributed by atoms with van der Waals surface area (Å²) in [4.78, 5) is 26.6.